The summed E-state index contributed by atoms with van der Waals surface area (Å²) in [5.74, 6) is -0.386. The van der Waals surface area contributed by atoms with Crippen LogP contribution in [0.3, 0.4) is 0 Å². The number of carbonyl (C=O) groups is 3. The molecular formula is C31H42N6O6. The first-order chi connectivity index (χ1) is 20.6. The summed E-state index contributed by atoms with van der Waals surface area (Å²) in [5.41, 5.74) is 1.28. The van der Waals surface area contributed by atoms with E-state index < -0.39 is 17.6 Å². The van der Waals surface area contributed by atoms with Gasteiger partial charge in [-0.2, -0.15) is 0 Å². The number of amides is 2. The summed E-state index contributed by atoms with van der Waals surface area (Å²) in [5, 5.41) is 17.5. The maximum absolute atomic E-state index is 12.8. The van der Waals surface area contributed by atoms with Crippen LogP contribution in [0.2, 0.25) is 0 Å². The quantitative estimate of drug-likeness (QED) is 0.186. The number of unbranched alkanes of at least 4 members (excludes halogenated alkanes) is 1. The van der Waals surface area contributed by atoms with Crippen molar-refractivity contribution in [3.8, 4) is 0 Å². The Morgan fingerprint density at radius 1 is 0.930 bits per heavy atom. The van der Waals surface area contributed by atoms with Crippen molar-refractivity contribution in [1.29, 1.82) is 0 Å². The molecule has 232 valence electrons. The van der Waals surface area contributed by atoms with Crippen molar-refractivity contribution in [2.45, 2.75) is 65.6 Å². The molecule has 3 aromatic rings. The molecule has 43 heavy (non-hydrogen) atoms. The second kappa shape index (κ2) is 17.0. The Morgan fingerprint density at radius 3 is 2.33 bits per heavy atom. The van der Waals surface area contributed by atoms with Crippen LogP contribution in [0.25, 0.3) is 0 Å². The molecule has 1 unspecified atom stereocenters. The maximum atomic E-state index is 12.8. The third kappa shape index (κ3) is 11.5. The fourth-order valence-corrected chi connectivity index (χ4v) is 3.91. The molecule has 2 atom stereocenters. The van der Waals surface area contributed by atoms with E-state index in [-0.39, 0.29) is 44.2 Å². The number of hydrogen-bond donors (Lipinski definition) is 2. The molecule has 0 aliphatic carbocycles. The molecule has 2 N–H and O–H groups in total. The summed E-state index contributed by atoms with van der Waals surface area (Å²) in [6.07, 6.45) is 0.653. The van der Waals surface area contributed by atoms with Crippen LogP contribution in [-0.2, 0) is 37.0 Å². The predicted molar refractivity (Wildman–Crippen MR) is 159 cm³/mol. The zero-order valence-electron chi connectivity index (χ0n) is 25.3. The molecule has 0 fully saturated rings. The Kier molecular flexibility index (Phi) is 13.1. The van der Waals surface area contributed by atoms with Gasteiger partial charge in [0.2, 0.25) is 5.91 Å². The number of ether oxygens (including phenoxy) is 3. The first-order valence-electron chi connectivity index (χ1n) is 14.5. The number of nitrogens with one attached hydrogen (secondary N) is 2. The summed E-state index contributed by atoms with van der Waals surface area (Å²) in [7, 11) is 0. The normalized spacial score (nSPS) is 12.7. The van der Waals surface area contributed by atoms with Crippen molar-refractivity contribution < 1.29 is 28.6 Å². The van der Waals surface area contributed by atoms with E-state index in [0.717, 1.165) is 11.1 Å². The van der Waals surface area contributed by atoms with Gasteiger partial charge < -0.3 is 24.8 Å². The van der Waals surface area contributed by atoms with Gasteiger partial charge in [-0.15, -0.1) is 5.10 Å². The number of carbonyl (C=O) groups excluding carboxylic acids is 3. The van der Waals surface area contributed by atoms with E-state index in [2.05, 4.69) is 26.2 Å². The molecule has 0 aliphatic rings. The minimum atomic E-state index is -0.626. The van der Waals surface area contributed by atoms with Gasteiger partial charge in [-0.25, -0.2) is 9.48 Å². The molecule has 1 aromatic heterocycles. The van der Waals surface area contributed by atoms with E-state index in [1.807, 2.05) is 88.4 Å². The lowest BCUT2D eigenvalue weighted by molar-refractivity contribution is -0.145. The molecule has 0 spiro atoms. The highest BCUT2D eigenvalue weighted by Crippen LogP contribution is 2.18. The number of tetrazole rings is 1. The van der Waals surface area contributed by atoms with Gasteiger partial charge in [0.05, 0.1) is 32.3 Å². The minimum absolute atomic E-state index is 0.0175. The molecule has 0 aliphatic heterocycles. The third-order valence-electron chi connectivity index (χ3n) is 6.53. The van der Waals surface area contributed by atoms with Gasteiger partial charge in [0, 0.05) is 12.0 Å². The van der Waals surface area contributed by atoms with E-state index in [9.17, 15) is 14.4 Å². The van der Waals surface area contributed by atoms with Crippen molar-refractivity contribution in [1.82, 2.24) is 30.8 Å². The molecule has 12 heteroatoms. The number of alkyl carbamates (subject to hydrolysis) is 1. The number of rotatable bonds is 16. The van der Waals surface area contributed by atoms with E-state index in [1.165, 1.54) is 4.68 Å². The highest BCUT2D eigenvalue weighted by atomic mass is 16.5. The van der Waals surface area contributed by atoms with E-state index in [4.69, 9.17) is 14.2 Å². The lowest BCUT2D eigenvalue weighted by atomic mass is 9.95. The zero-order chi connectivity index (χ0) is 31.1. The van der Waals surface area contributed by atoms with Crippen LogP contribution < -0.4 is 10.6 Å². The van der Waals surface area contributed by atoms with Crippen molar-refractivity contribution in [2.75, 3.05) is 26.4 Å². The summed E-state index contributed by atoms with van der Waals surface area (Å²) >= 11 is 0. The molecule has 2 amide bonds. The van der Waals surface area contributed by atoms with Crippen LogP contribution in [0.4, 0.5) is 4.79 Å². The van der Waals surface area contributed by atoms with Crippen molar-refractivity contribution >= 4 is 18.0 Å². The lowest BCUT2D eigenvalue weighted by Crippen LogP contribution is -2.40. The first-order valence-corrected chi connectivity index (χ1v) is 14.5. The minimum Gasteiger partial charge on any atom is -0.465 e. The fraction of sp³-hybridized carbons (Fsp3) is 0.484. The molecule has 0 bridgehead atoms. The van der Waals surface area contributed by atoms with Gasteiger partial charge in [-0.05, 0) is 41.3 Å². The van der Waals surface area contributed by atoms with Crippen LogP contribution in [0, 0.1) is 5.41 Å². The molecule has 12 nitrogen and oxygen atoms in total. The second-order valence-corrected chi connectivity index (χ2v) is 11.1. The summed E-state index contributed by atoms with van der Waals surface area (Å²) in [6, 6.07) is 18.6. The molecular weight excluding hydrogens is 552 g/mol. The van der Waals surface area contributed by atoms with E-state index >= 15 is 0 Å². The highest BCUT2D eigenvalue weighted by Gasteiger charge is 2.28. The average Bonchev–Trinajstić information content (AvgIpc) is 3.46. The zero-order valence-corrected chi connectivity index (χ0v) is 25.3. The number of aromatic nitrogens is 4. The number of esters is 1. The van der Waals surface area contributed by atoms with Gasteiger partial charge >= 0.3 is 12.1 Å². The highest BCUT2D eigenvalue weighted by molar-refractivity contribution is 5.81. The SMILES string of the molecule is CC(C(=O)OCCCCNC(=O)OCCn1nnnc1[C@@H](COCc1ccccc1)NC(=O)C(C)(C)C)c1ccccc1. The lowest BCUT2D eigenvalue weighted by Gasteiger charge is -2.24. The topological polar surface area (TPSA) is 147 Å². The molecule has 3 rings (SSSR count). The Hall–Kier alpha value is -4.32. The van der Waals surface area contributed by atoms with Gasteiger partial charge in [0.1, 0.15) is 12.6 Å². The summed E-state index contributed by atoms with van der Waals surface area (Å²) in [6.45, 7) is 8.64. The Labute approximate surface area is 252 Å². The molecule has 2 aromatic carbocycles. The molecule has 0 saturated heterocycles. The van der Waals surface area contributed by atoms with Crippen LogP contribution in [-0.4, -0.2) is 64.5 Å². The van der Waals surface area contributed by atoms with Crippen LogP contribution >= 0.6 is 0 Å². The number of hydrogen-bond acceptors (Lipinski definition) is 9. The predicted octanol–water partition coefficient (Wildman–Crippen LogP) is 3.95. The first kappa shape index (κ1) is 33.2. The van der Waals surface area contributed by atoms with Gasteiger partial charge in [0.25, 0.3) is 0 Å². The van der Waals surface area contributed by atoms with Gasteiger partial charge in [-0.3, -0.25) is 9.59 Å². The smallest absolute Gasteiger partial charge is 0.407 e. The van der Waals surface area contributed by atoms with Crippen molar-refractivity contribution in [3.63, 3.8) is 0 Å². The second-order valence-electron chi connectivity index (χ2n) is 11.1. The van der Waals surface area contributed by atoms with Crippen molar-refractivity contribution in [3.05, 3.63) is 77.6 Å². The van der Waals surface area contributed by atoms with E-state index in [1.54, 1.807) is 0 Å². The Morgan fingerprint density at radius 2 is 1.63 bits per heavy atom. The van der Waals surface area contributed by atoms with Crippen LogP contribution in [0.15, 0.2) is 60.7 Å². The largest absolute Gasteiger partial charge is 0.465 e. The maximum Gasteiger partial charge on any atom is 0.407 e. The average molecular weight is 595 g/mol. The molecule has 0 saturated carbocycles. The molecule has 1 heterocycles. The van der Waals surface area contributed by atoms with Crippen LogP contribution in [0.5, 0.6) is 0 Å². The van der Waals surface area contributed by atoms with Crippen LogP contribution in [0.1, 0.15) is 69.4 Å². The molecule has 0 radical (unpaired) electrons. The summed E-state index contributed by atoms with van der Waals surface area (Å²) < 4.78 is 18.0. The number of nitrogens with zero attached hydrogens (tertiary/aromatic N) is 4. The van der Waals surface area contributed by atoms with Gasteiger partial charge in [0.15, 0.2) is 5.82 Å². The monoisotopic (exact) mass is 594 g/mol. The van der Waals surface area contributed by atoms with E-state index in [0.29, 0.717) is 31.8 Å². The van der Waals surface area contributed by atoms with Gasteiger partial charge in [-0.1, -0.05) is 81.4 Å². The fourth-order valence-electron chi connectivity index (χ4n) is 3.91. The number of benzene rings is 2. The summed E-state index contributed by atoms with van der Waals surface area (Å²) in [4.78, 5) is 37.1. The third-order valence-corrected chi connectivity index (χ3v) is 6.53. The van der Waals surface area contributed by atoms with Crippen molar-refractivity contribution in [2.24, 2.45) is 5.41 Å². The Balaban J connectivity index is 1.39. The Bertz CT molecular complexity index is 1280. The standard InChI is InChI=1S/C31H42N6O6/c1-23(25-15-9-6-10-16-25)28(38)42-19-12-11-17-32-30(40)43-20-18-37-27(34-35-36-37)26(33-29(39)31(2,3)4)22-41-21-24-13-7-5-8-14-24/h5-10,13-16,23,26H,11-12,17-22H2,1-4H3,(H,32,40)(H,33,39)/t23?,26-/m1/s1.